The Hall–Kier alpha value is -2.79. The maximum absolute atomic E-state index is 9.51. The third-order valence-electron chi connectivity index (χ3n) is 5.26. The fourth-order valence-corrected chi connectivity index (χ4v) is 3.45. The SMILES string of the molecule is OCC1(Nc2ccc3c(c2)OCc2cc(-c4ccccc4)nn2C3)CC1. The number of hydrogen-bond donors (Lipinski definition) is 2. The van der Waals surface area contributed by atoms with Crippen molar-refractivity contribution in [1.29, 1.82) is 0 Å². The first-order valence-electron chi connectivity index (χ1n) is 9.02. The largest absolute Gasteiger partial charge is 0.487 e. The van der Waals surface area contributed by atoms with Gasteiger partial charge >= 0.3 is 0 Å². The summed E-state index contributed by atoms with van der Waals surface area (Å²) >= 11 is 0. The lowest BCUT2D eigenvalue weighted by Crippen LogP contribution is -2.25. The Morgan fingerprint density at radius 2 is 1.96 bits per heavy atom. The van der Waals surface area contributed by atoms with E-state index >= 15 is 0 Å². The van der Waals surface area contributed by atoms with Gasteiger partial charge in [-0.1, -0.05) is 36.4 Å². The van der Waals surface area contributed by atoms with E-state index in [9.17, 15) is 5.11 Å². The minimum Gasteiger partial charge on any atom is -0.487 e. The second-order valence-electron chi connectivity index (χ2n) is 7.22. The molecule has 1 aromatic heterocycles. The van der Waals surface area contributed by atoms with Crippen molar-refractivity contribution >= 4 is 5.69 Å². The highest BCUT2D eigenvalue weighted by molar-refractivity contribution is 5.60. The Labute approximate surface area is 152 Å². The van der Waals surface area contributed by atoms with Gasteiger partial charge in [0.25, 0.3) is 0 Å². The molecule has 1 aliphatic heterocycles. The molecular weight excluding hydrogens is 326 g/mol. The van der Waals surface area contributed by atoms with Crippen LogP contribution in [0.4, 0.5) is 5.69 Å². The average Bonchev–Trinajstić information content (AvgIpc) is 3.38. The van der Waals surface area contributed by atoms with Gasteiger partial charge in [-0.05, 0) is 25.0 Å². The van der Waals surface area contributed by atoms with Crippen molar-refractivity contribution in [3.8, 4) is 17.0 Å². The van der Waals surface area contributed by atoms with Crippen LogP contribution >= 0.6 is 0 Å². The van der Waals surface area contributed by atoms with Crippen LogP contribution in [0.15, 0.2) is 54.6 Å². The summed E-state index contributed by atoms with van der Waals surface area (Å²) in [6, 6.07) is 18.5. The maximum atomic E-state index is 9.51. The first kappa shape index (κ1) is 15.5. The molecule has 0 amide bonds. The van der Waals surface area contributed by atoms with E-state index in [2.05, 4.69) is 35.6 Å². The lowest BCUT2D eigenvalue weighted by molar-refractivity contribution is 0.266. The minimum absolute atomic E-state index is 0.129. The molecule has 3 aromatic rings. The van der Waals surface area contributed by atoms with Crippen LogP contribution in [0.1, 0.15) is 24.1 Å². The summed E-state index contributed by atoms with van der Waals surface area (Å²) in [5.41, 5.74) is 5.15. The van der Waals surface area contributed by atoms with E-state index in [0.717, 1.165) is 46.8 Å². The van der Waals surface area contributed by atoms with Gasteiger partial charge in [-0.15, -0.1) is 0 Å². The van der Waals surface area contributed by atoms with E-state index in [0.29, 0.717) is 13.2 Å². The highest BCUT2D eigenvalue weighted by atomic mass is 16.5. The number of anilines is 1. The summed E-state index contributed by atoms with van der Waals surface area (Å²) in [4.78, 5) is 0. The van der Waals surface area contributed by atoms with Gasteiger partial charge in [-0.3, -0.25) is 4.68 Å². The number of rotatable bonds is 4. The van der Waals surface area contributed by atoms with Crippen LogP contribution < -0.4 is 10.1 Å². The number of ether oxygens (including phenoxy) is 1. The summed E-state index contributed by atoms with van der Waals surface area (Å²) in [5.74, 6) is 0.885. The maximum Gasteiger partial charge on any atom is 0.130 e. The normalized spacial score (nSPS) is 16.8. The fourth-order valence-electron chi connectivity index (χ4n) is 3.45. The van der Waals surface area contributed by atoms with Gasteiger partial charge in [0.05, 0.1) is 30.1 Å². The zero-order chi connectivity index (χ0) is 17.6. The molecule has 2 heterocycles. The first-order valence-corrected chi connectivity index (χ1v) is 9.02. The lowest BCUT2D eigenvalue weighted by Gasteiger charge is -2.17. The van der Waals surface area contributed by atoms with Crippen molar-refractivity contribution in [2.24, 2.45) is 0 Å². The molecule has 5 heteroatoms. The van der Waals surface area contributed by atoms with Gasteiger partial charge in [0.2, 0.25) is 0 Å². The molecule has 2 aliphatic rings. The van der Waals surface area contributed by atoms with E-state index < -0.39 is 0 Å². The molecule has 1 fully saturated rings. The van der Waals surface area contributed by atoms with Crippen molar-refractivity contribution in [2.45, 2.75) is 31.5 Å². The lowest BCUT2D eigenvalue weighted by atomic mass is 10.1. The van der Waals surface area contributed by atoms with Crippen LogP contribution in [0.3, 0.4) is 0 Å². The Kier molecular flexibility index (Phi) is 3.50. The third kappa shape index (κ3) is 2.74. The molecule has 0 atom stereocenters. The highest BCUT2D eigenvalue weighted by Gasteiger charge is 2.42. The van der Waals surface area contributed by atoms with E-state index in [1.54, 1.807) is 0 Å². The number of aromatic nitrogens is 2. The number of benzene rings is 2. The summed E-state index contributed by atoms with van der Waals surface area (Å²) in [5, 5.41) is 17.7. The minimum atomic E-state index is -0.129. The molecule has 5 rings (SSSR count). The zero-order valence-corrected chi connectivity index (χ0v) is 14.5. The Morgan fingerprint density at radius 3 is 2.73 bits per heavy atom. The second-order valence-corrected chi connectivity index (χ2v) is 7.22. The van der Waals surface area contributed by atoms with Gasteiger partial charge in [-0.2, -0.15) is 5.10 Å². The third-order valence-corrected chi connectivity index (χ3v) is 5.26. The molecule has 0 bridgehead atoms. The van der Waals surface area contributed by atoms with Crippen molar-refractivity contribution in [3.63, 3.8) is 0 Å². The standard InChI is InChI=1S/C21H21N3O2/c25-14-21(8-9-21)22-17-7-6-16-12-24-18(13-26-20(16)10-17)11-19(23-24)15-4-2-1-3-5-15/h1-7,10-11,22,25H,8-9,12-14H2. The first-order chi connectivity index (χ1) is 12.7. The Bertz CT molecular complexity index is 945. The summed E-state index contributed by atoms with van der Waals surface area (Å²) < 4.78 is 8.10. The van der Waals surface area contributed by atoms with Gasteiger partial charge in [0.1, 0.15) is 12.4 Å². The van der Waals surface area contributed by atoms with Crippen LogP contribution in [-0.2, 0) is 13.2 Å². The van der Waals surface area contributed by atoms with Crippen LogP contribution in [0.5, 0.6) is 5.75 Å². The van der Waals surface area contributed by atoms with E-state index in [4.69, 9.17) is 9.84 Å². The number of nitrogens with zero attached hydrogens (tertiary/aromatic N) is 2. The van der Waals surface area contributed by atoms with Gasteiger partial charge in [0.15, 0.2) is 0 Å². The molecule has 2 N–H and O–H groups in total. The quantitative estimate of drug-likeness (QED) is 0.759. The molecule has 132 valence electrons. The topological polar surface area (TPSA) is 59.3 Å². The molecule has 2 aromatic carbocycles. The molecule has 26 heavy (non-hydrogen) atoms. The number of aliphatic hydroxyl groups excluding tert-OH is 1. The number of aliphatic hydroxyl groups is 1. The van der Waals surface area contributed by atoms with Crippen LogP contribution in [0, 0.1) is 0 Å². The van der Waals surface area contributed by atoms with Crippen LogP contribution in [0.2, 0.25) is 0 Å². The van der Waals surface area contributed by atoms with E-state index in [-0.39, 0.29) is 12.1 Å². The molecule has 0 saturated heterocycles. The predicted octanol–water partition coefficient (Wildman–Crippen LogP) is 3.43. The molecule has 1 saturated carbocycles. The summed E-state index contributed by atoms with van der Waals surface area (Å²) in [7, 11) is 0. The molecule has 5 nitrogen and oxygen atoms in total. The zero-order valence-electron chi connectivity index (χ0n) is 14.5. The number of nitrogens with one attached hydrogen (secondary N) is 1. The molecular formula is C21H21N3O2. The van der Waals surface area contributed by atoms with Crippen molar-refractivity contribution in [2.75, 3.05) is 11.9 Å². The van der Waals surface area contributed by atoms with Crippen molar-refractivity contribution < 1.29 is 9.84 Å². The van der Waals surface area contributed by atoms with Gasteiger partial charge in [-0.25, -0.2) is 0 Å². The molecule has 0 radical (unpaired) electrons. The van der Waals surface area contributed by atoms with Crippen molar-refractivity contribution in [1.82, 2.24) is 9.78 Å². The van der Waals surface area contributed by atoms with E-state index in [1.165, 1.54) is 0 Å². The monoisotopic (exact) mass is 347 g/mol. The Morgan fingerprint density at radius 1 is 1.12 bits per heavy atom. The molecule has 0 unspecified atom stereocenters. The van der Waals surface area contributed by atoms with Crippen LogP contribution in [-0.4, -0.2) is 27.0 Å². The molecule has 1 aliphatic carbocycles. The van der Waals surface area contributed by atoms with Crippen molar-refractivity contribution in [3.05, 3.63) is 65.9 Å². The highest BCUT2D eigenvalue weighted by Crippen LogP contribution is 2.39. The number of fused-ring (bicyclic) bond motifs is 2. The second kappa shape index (κ2) is 5.88. The smallest absolute Gasteiger partial charge is 0.130 e. The Balaban J connectivity index is 1.41. The average molecular weight is 347 g/mol. The summed E-state index contributed by atoms with van der Waals surface area (Å²) in [6.07, 6.45) is 2.03. The fraction of sp³-hybridized carbons (Fsp3) is 0.286. The van der Waals surface area contributed by atoms with Gasteiger partial charge < -0.3 is 15.2 Å². The predicted molar refractivity (Wildman–Crippen MR) is 100 cm³/mol. The van der Waals surface area contributed by atoms with Crippen LogP contribution in [0.25, 0.3) is 11.3 Å². The molecule has 0 spiro atoms. The number of hydrogen-bond acceptors (Lipinski definition) is 4. The van der Waals surface area contributed by atoms with Gasteiger partial charge in [0, 0.05) is 22.9 Å². The summed E-state index contributed by atoms with van der Waals surface area (Å²) in [6.45, 7) is 1.37. The van der Waals surface area contributed by atoms with E-state index in [1.807, 2.05) is 28.9 Å².